The number of benzene rings is 1. The first-order chi connectivity index (χ1) is 8.74. The van der Waals surface area contributed by atoms with Crippen LogP contribution in [0, 0.1) is 0 Å². The number of aromatic nitrogens is 1. The molecule has 0 amide bonds. The number of hydrogen-bond acceptors (Lipinski definition) is 2. The molecule has 0 radical (unpaired) electrons. The number of hydrogen-bond donors (Lipinski definition) is 1. The molecule has 92 valence electrons. The summed E-state index contributed by atoms with van der Waals surface area (Å²) in [5, 5.41) is 1.17. The second-order valence-electron chi connectivity index (χ2n) is 4.87. The molecule has 1 aliphatic heterocycles. The van der Waals surface area contributed by atoms with Gasteiger partial charge in [-0.05, 0) is 19.2 Å². The van der Waals surface area contributed by atoms with Gasteiger partial charge in [0.25, 0.3) is 0 Å². The molecule has 3 nitrogen and oxygen atoms in total. The fourth-order valence-corrected chi connectivity index (χ4v) is 2.44. The molecule has 18 heavy (non-hydrogen) atoms. The Morgan fingerprint density at radius 3 is 3.06 bits per heavy atom. The van der Waals surface area contributed by atoms with Crippen molar-refractivity contribution in [3.63, 3.8) is 0 Å². The van der Waals surface area contributed by atoms with Crippen molar-refractivity contribution >= 4 is 22.8 Å². The molecule has 1 aliphatic rings. The highest BCUT2D eigenvalue weighted by molar-refractivity contribution is 6.02. The monoisotopic (exact) mass is 240 g/mol. The van der Waals surface area contributed by atoms with Crippen molar-refractivity contribution in [2.45, 2.75) is 6.42 Å². The molecule has 3 rings (SSSR count). The number of rotatable bonds is 1. The Morgan fingerprint density at radius 1 is 1.33 bits per heavy atom. The van der Waals surface area contributed by atoms with Gasteiger partial charge in [-0.25, -0.2) is 0 Å². The standard InChI is InChI=1S/C15H16N2O/c1-17-7-6-15(18)12(10-17)8-11-9-16-14-5-3-2-4-13(11)14/h2-5,8-9,16H,6-7,10H2,1H3/b12-8+. The summed E-state index contributed by atoms with van der Waals surface area (Å²) in [7, 11) is 2.05. The Hall–Kier alpha value is -1.87. The summed E-state index contributed by atoms with van der Waals surface area (Å²) in [5.41, 5.74) is 3.12. The lowest BCUT2D eigenvalue weighted by molar-refractivity contribution is -0.117. The van der Waals surface area contributed by atoms with Crippen LogP contribution in [-0.2, 0) is 4.79 Å². The number of nitrogens with zero attached hydrogens (tertiary/aromatic N) is 1. The average Bonchev–Trinajstić information content (AvgIpc) is 2.78. The van der Waals surface area contributed by atoms with Crippen LogP contribution in [0.5, 0.6) is 0 Å². The van der Waals surface area contributed by atoms with E-state index in [1.54, 1.807) is 0 Å². The second-order valence-corrected chi connectivity index (χ2v) is 4.87. The summed E-state index contributed by atoms with van der Waals surface area (Å²) >= 11 is 0. The second kappa shape index (κ2) is 4.42. The van der Waals surface area contributed by atoms with Crippen molar-refractivity contribution in [3.05, 3.63) is 41.6 Å². The topological polar surface area (TPSA) is 36.1 Å². The number of likely N-dealkylation sites (tertiary alicyclic amines) is 1. The predicted octanol–water partition coefficient (Wildman–Crippen LogP) is 2.46. The molecule has 0 spiro atoms. The third kappa shape index (κ3) is 1.97. The first-order valence-corrected chi connectivity index (χ1v) is 6.22. The maximum atomic E-state index is 11.9. The highest BCUT2D eigenvalue weighted by Gasteiger charge is 2.18. The van der Waals surface area contributed by atoms with Gasteiger partial charge in [0.15, 0.2) is 5.78 Å². The zero-order valence-electron chi connectivity index (χ0n) is 10.4. The van der Waals surface area contributed by atoms with Crippen LogP contribution < -0.4 is 0 Å². The number of fused-ring (bicyclic) bond motifs is 1. The van der Waals surface area contributed by atoms with Gasteiger partial charge in [0.05, 0.1) is 0 Å². The van der Waals surface area contributed by atoms with E-state index in [0.29, 0.717) is 6.42 Å². The lowest BCUT2D eigenvalue weighted by atomic mass is 10.0. The molecule has 1 fully saturated rings. The van der Waals surface area contributed by atoms with E-state index in [-0.39, 0.29) is 5.78 Å². The van der Waals surface area contributed by atoms with E-state index in [4.69, 9.17) is 0 Å². The van der Waals surface area contributed by atoms with Gasteiger partial charge in [-0.15, -0.1) is 0 Å². The van der Waals surface area contributed by atoms with Crippen LogP contribution in [0.3, 0.4) is 0 Å². The summed E-state index contributed by atoms with van der Waals surface area (Å²) in [6, 6.07) is 8.16. The van der Waals surface area contributed by atoms with E-state index in [1.807, 2.05) is 30.5 Å². The fraction of sp³-hybridized carbons (Fsp3) is 0.267. The molecule has 0 atom stereocenters. The molecule has 0 saturated carbocycles. The SMILES string of the molecule is CN1CCC(=O)/C(=C/c2c[nH]c3ccccc23)C1. The molecule has 0 aliphatic carbocycles. The van der Waals surface area contributed by atoms with Gasteiger partial charge in [0.1, 0.15) is 0 Å². The number of piperidine rings is 1. The molecular formula is C15H16N2O. The van der Waals surface area contributed by atoms with Gasteiger partial charge >= 0.3 is 0 Å². The van der Waals surface area contributed by atoms with Gasteiger partial charge in [-0.3, -0.25) is 4.79 Å². The Labute approximate surface area is 106 Å². The van der Waals surface area contributed by atoms with E-state index >= 15 is 0 Å². The number of carbonyl (C=O) groups excluding carboxylic acids is 1. The van der Waals surface area contributed by atoms with Crippen molar-refractivity contribution in [1.82, 2.24) is 9.88 Å². The van der Waals surface area contributed by atoms with E-state index in [2.05, 4.69) is 23.0 Å². The van der Waals surface area contributed by atoms with Crippen LogP contribution in [0.15, 0.2) is 36.0 Å². The number of Topliss-reactive ketones (excluding diaryl/α,β-unsaturated/α-hetero) is 1. The van der Waals surface area contributed by atoms with Gasteiger partial charge < -0.3 is 9.88 Å². The first-order valence-electron chi connectivity index (χ1n) is 6.22. The average molecular weight is 240 g/mol. The lowest BCUT2D eigenvalue weighted by Gasteiger charge is -2.23. The molecule has 0 bridgehead atoms. The highest BCUT2D eigenvalue weighted by atomic mass is 16.1. The van der Waals surface area contributed by atoms with Crippen LogP contribution in [0.1, 0.15) is 12.0 Å². The summed E-state index contributed by atoms with van der Waals surface area (Å²) in [4.78, 5) is 17.3. The summed E-state index contributed by atoms with van der Waals surface area (Å²) in [6.45, 7) is 1.61. The summed E-state index contributed by atoms with van der Waals surface area (Å²) in [5.74, 6) is 0.276. The third-order valence-electron chi connectivity index (χ3n) is 3.47. The summed E-state index contributed by atoms with van der Waals surface area (Å²) < 4.78 is 0. The van der Waals surface area contributed by atoms with Gasteiger partial charge in [0, 0.05) is 47.7 Å². The minimum Gasteiger partial charge on any atom is -0.361 e. The van der Waals surface area contributed by atoms with E-state index in [0.717, 1.165) is 29.7 Å². The van der Waals surface area contributed by atoms with Gasteiger partial charge in [-0.1, -0.05) is 18.2 Å². The minimum atomic E-state index is 0.276. The molecule has 1 aromatic carbocycles. The molecular weight excluding hydrogens is 224 g/mol. The Bertz CT molecular complexity index is 624. The zero-order chi connectivity index (χ0) is 12.5. The summed E-state index contributed by atoms with van der Waals surface area (Å²) in [6.07, 6.45) is 4.63. The van der Waals surface area contributed by atoms with Crippen LogP contribution in [0.25, 0.3) is 17.0 Å². The fourth-order valence-electron chi connectivity index (χ4n) is 2.44. The smallest absolute Gasteiger partial charge is 0.161 e. The van der Waals surface area contributed by atoms with Crippen LogP contribution in [0.2, 0.25) is 0 Å². The van der Waals surface area contributed by atoms with E-state index in [9.17, 15) is 4.79 Å². The van der Waals surface area contributed by atoms with Crippen LogP contribution >= 0.6 is 0 Å². The maximum Gasteiger partial charge on any atom is 0.161 e. The largest absolute Gasteiger partial charge is 0.361 e. The van der Waals surface area contributed by atoms with Crippen molar-refractivity contribution in [2.75, 3.05) is 20.1 Å². The minimum absolute atomic E-state index is 0.276. The third-order valence-corrected chi connectivity index (χ3v) is 3.47. The number of likely N-dealkylation sites (N-methyl/N-ethyl adjacent to an activating group) is 1. The number of aromatic amines is 1. The number of H-pyrrole nitrogens is 1. The Balaban J connectivity index is 2.02. The number of carbonyl (C=O) groups is 1. The quantitative estimate of drug-likeness (QED) is 0.777. The number of ketones is 1. The normalized spacial score (nSPS) is 19.8. The predicted molar refractivity (Wildman–Crippen MR) is 73.4 cm³/mol. The molecule has 3 heteroatoms. The van der Waals surface area contributed by atoms with Crippen molar-refractivity contribution in [3.8, 4) is 0 Å². The first kappa shape index (κ1) is 11.2. The Kier molecular flexibility index (Phi) is 2.76. The number of nitrogens with one attached hydrogen (secondary N) is 1. The zero-order valence-corrected chi connectivity index (χ0v) is 10.4. The van der Waals surface area contributed by atoms with Crippen molar-refractivity contribution in [2.24, 2.45) is 0 Å². The Morgan fingerprint density at radius 2 is 2.17 bits per heavy atom. The van der Waals surface area contributed by atoms with Crippen LogP contribution in [-0.4, -0.2) is 35.8 Å². The molecule has 1 N–H and O–H groups in total. The molecule has 2 aromatic rings. The lowest BCUT2D eigenvalue weighted by Crippen LogP contribution is -2.32. The number of para-hydroxylation sites is 1. The van der Waals surface area contributed by atoms with Crippen LogP contribution in [0.4, 0.5) is 0 Å². The molecule has 0 unspecified atom stereocenters. The molecule has 1 saturated heterocycles. The van der Waals surface area contributed by atoms with E-state index < -0.39 is 0 Å². The van der Waals surface area contributed by atoms with Crippen molar-refractivity contribution < 1.29 is 4.79 Å². The maximum absolute atomic E-state index is 11.9. The van der Waals surface area contributed by atoms with E-state index in [1.165, 1.54) is 5.39 Å². The van der Waals surface area contributed by atoms with Gasteiger partial charge in [-0.2, -0.15) is 0 Å². The van der Waals surface area contributed by atoms with Crippen molar-refractivity contribution in [1.29, 1.82) is 0 Å². The highest BCUT2D eigenvalue weighted by Crippen LogP contribution is 2.22. The molecule has 2 heterocycles. The molecule has 1 aromatic heterocycles. The van der Waals surface area contributed by atoms with Gasteiger partial charge in [0.2, 0.25) is 0 Å².